The summed E-state index contributed by atoms with van der Waals surface area (Å²) in [7, 11) is 3.51. The van der Waals surface area contributed by atoms with Crippen molar-refractivity contribution in [3.63, 3.8) is 0 Å². The summed E-state index contributed by atoms with van der Waals surface area (Å²) in [6.45, 7) is 3.08. The second kappa shape index (κ2) is 8.63. The number of ether oxygens (including phenoxy) is 1. The predicted molar refractivity (Wildman–Crippen MR) is 108 cm³/mol. The number of aliphatic imine (C=N–C) groups is 1. The number of rotatable bonds is 5. The molecule has 6 heteroatoms. The molecule has 0 saturated heterocycles. The van der Waals surface area contributed by atoms with E-state index in [0.717, 1.165) is 38.0 Å². The highest BCUT2D eigenvalue weighted by atomic mass is 16.5. The summed E-state index contributed by atoms with van der Waals surface area (Å²) in [4.78, 5) is 18.1. The Morgan fingerprint density at radius 2 is 2.04 bits per heavy atom. The van der Waals surface area contributed by atoms with Gasteiger partial charge in [0.15, 0.2) is 5.96 Å². The van der Waals surface area contributed by atoms with Crippen LogP contribution in [0.3, 0.4) is 0 Å². The van der Waals surface area contributed by atoms with Crippen LogP contribution in [0.2, 0.25) is 0 Å². The molecule has 3 rings (SSSR count). The minimum Gasteiger partial charge on any atom is -0.487 e. The number of carbonyl (C=O) groups is 1. The van der Waals surface area contributed by atoms with Crippen LogP contribution in [0.4, 0.5) is 0 Å². The standard InChI is InChI=1S/C21H32N4O2/c1-4-13-22-20(23-15-19(26)25(2)3)24-17-14-21(11-7-8-12-21)27-18-10-6-5-9-16(17)18/h5-6,9-10,17H,4,7-8,11-15H2,1-3H3,(H2,22,23,24). The number of nitrogens with zero attached hydrogens (tertiary/aromatic N) is 2. The third-order valence-electron chi connectivity index (χ3n) is 5.44. The maximum Gasteiger partial charge on any atom is 0.243 e. The van der Waals surface area contributed by atoms with Gasteiger partial charge in [0, 0.05) is 32.6 Å². The van der Waals surface area contributed by atoms with Gasteiger partial charge in [-0.05, 0) is 38.2 Å². The summed E-state index contributed by atoms with van der Waals surface area (Å²) < 4.78 is 6.44. The fourth-order valence-corrected chi connectivity index (χ4v) is 3.92. The normalized spacial score (nSPS) is 20.7. The van der Waals surface area contributed by atoms with Crippen molar-refractivity contribution >= 4 is 11.9 Å². The smallest absolute Gasteiger partial charge is 0.243 e. The number of likely N-dealkylation sites (N-methyl/N-ethyl adjacent to an activating group) is 1. The number of para-hydroxylation sites is 1. The number of carbonyl (C=O) groups excluding carboxylic acids is 1. The Bertz CT molecular complexity index is 681. The maximum atomic E-state index is 12.0. The van der Waals surface area contributed by atoms with Crippen LogP contribution in [-0.4, -0.2) is 49.6 Å². The molecule has 148 valence electrons. The van der Waals surface area contributed by atoms with Crippen molar-refractivity contribution in [3.05, 3.63) is 29.8 Å². The van der Waals surface area contributed by atoms with Gasteiger partial charge in [0.25, 0.3) is 0 Å². The minimum absolute atomic E-state index is 0.00719. The Kier molecular flexibility index (Phi) is 6.24. The van der Waals surface area contributed by atoms with E-state index >= 15 is 0 Å². The maximum absolute atomic E-state index is 12.0. The van der Waals surface area contributed by atoms with Crippen molar-refractivity contribution in [3.8, 4) is 5.75 Å². The third kappa shape index (κ3) is 4.73. The first-order valence-electron chi connectivity index (χ1n) is 10.1. The van der Waals surface area contributed by atoms with Gasteiger partial charge in [-0.25, -0.2) is 4.99 Å². The van der Waals surface area contributed by atoms with E-state index in [9.17, 15) is 4.79 Å². The number of amides is 1. The first-order chi connectivity index (χ1) is 13.0. The highest BCUT2D eigenvalue weighted by Crippen LogP contribution is 2.46. The van der Waals surface area contributed by atoms with Crippen molar-refractivity contribution in [2.24, 2.45) is 4.99 Å². The van der Waals surface area contributed by atoms with E-state index in [1.54, 1.807) is 19.0 Å². The van der Waals surface area contributed by atoms with Gasteiger partial charge in [0.2, 0.25) is 5.91 Å². The van der Waals surface area contributed by atoms with E-state index in [1.807, 2.05) is 6.07 Å². The number of benzene rings is 1. The fraction of sp³-hybridized carbons (Fsp3) is 0.619. The summed E-state index contributed by atoms with van der Waals surface area (Å²) in [5.41, 5.74) is 1.10. The SMILES string of the molecule is CCCNC(=NCC(=O)N(C)C)NC1CC2(CCCC2)Oc2ccccc21. The second-order valence-corrected chi connectivity index (χ2v) is 7.81. The summed E-state index contributed by atoms with van der Waals surface area (Å²) in [6.07, 6.45) is 6.58. The van der Waals surface area contributed by atoms with Crippen LogP contribution in [0.15, 0.2) is 29.3 Å². The molecule has 1 amide bonds. The fourth-order valence-electron chi connectivity index (χ4n) is 3.92. The van der Waals surface area contributed by atoms with Gasteiger partial charge in [-0.3, -0.25) is 4.79 Å². The molecule has 1 fully saturated rings. The molecule has 2 N–H and O–H groups in total. The van der Waals surface area contributed by atoms with E-state index in [4.69, 9.17) is 4.74 Å². The molecule has 1 heterocycles. The molecule has 1 spiro atoms. The number of nitrogens with one attached hydrogen (secondary N) is 2. The third-order valence-corrected chi connectivity index (χ3v) is 5.44. The first-order valence-corrected chi connectivity index (χ1v) is 10.1. The van der Waals surface area contributed by atoms with E-state index in [2.05, 4.69) is 40.7 Å². The Hall–Kier alpha value is -2.24. The van der Waals surface area contributed by atoms with Gasteiger partial charge in [-0.2, -0.15) is 0 Å². The zero-order valence-corrected chi connectivity index (χ0v) is 16.8. The number of fused-ring (bicyclic) bond motifs is 1. The summed E-state index contributed by atoms with van der Waals surface area (Å²) in [6, 6.07) is 8.40. The van der Waals surface area contributed by atoms with E-state index in [0.29, 0.717) is 5.96 Å². The summed E-state index contributed by atoms with van der Waals surface area (Å²) in [5.74, 6) is 1.66. The van der Waals surface area contributed by atoms with Crippen molar-refractivity contribution in [2.45, 2.75) is 57.1 Å². The molecule has 1 aromatic carbocycles. The molecule has 1 saturated carbocycles. The van der Waals surface area contributed by atoms with Crippen LogP contribution in [0.1, 0.15) is 57.1 Å². The minimum atomic E-state index is -0.0681. The molecule has 1 aliphatic heterocycles. The lowest BCUT2D eigenvalue weighted by atomic mass is 9.86. The highest BCUT2D eigenvalue weighted by Gasteiger charge is 2.43. The molecule has 0 bridgehead atoms. The molecule has 6 nitrogen and oxygen atoms in total. The van der Waals surface area contributed by atoms with Crippen LogP contribution in [-0.2, 0) is 4.79 Å². The Labute approximate surface area is 162 Å². The summed E-state index contributed by atoms with van der Waals surface area (Å²) in [5, 5.41) is 6.93. The van der Waals surface area contributed by atoms with Gasteiger partial charge in [-0.15, -0.1) is 0 Å². The van der Waals surface area contributed by atoms with Crippen LogP contribution in [0.5, 0.6) is 5.75 Å². The summed E-state index contributed by atoms with van der Waals surface area (Å²) >= 11 is 0. The lowest BCUT2D eigenvalue weighted by Gasteiger charge is -2.40. The Morgan fingerprint density at radius 3 is 2.74 bits per heavy atom. The number of hydrogen-bond donors (Lipinski definition) is 2. The van der Waals surface area contributed by atoms with Crippen LogP contribution in [0.25, 0.3) is 0 Å². The van der Waals surface area contributed by atoms with Crippen molar-refractivity contribution in [2.75, 3.05) is 27.2 Å². The van der Waals surface area contributed by atoms with E-state index in [-0.39, 0.29) is 24.1 Å². The molecule has 1 aromatic rings. The monoisotopic (exact) mass is 372 g/mol. The van der Waals surface area contributed by atoms with Crippen LogP contribution in [0, 0.1) is 0 Å². The zero-order chi connectivity index (χ0) is 19.3. The lowest BCUT2D eigenvalue weighted by Crippen LogP contribution is -2.47. The molecule has 27 heavy (non-hydrogen) atoms. The molecule has 1 atom stereocenters. The van der Waals surface area contributed by atoms with Gasteiger partial charge < -0.3 is 20.3 Å². The van der Waals surface area contributed by atoms with Crippen molar-refractivity contribution in [1.82, 2.24) is 15.5 Å². The average molecular weight is 373 g/mol. The molecule has 0 radical (unpaired) electrons. The largest absolute Gasteiger partial charge is 0.487 e. The van der Waals surface area contributed by atoms with Crippen LogP contribution < -0.4 is 15.4 Å². The number of hydrogen-bond acceptors (Lipinski definition) is 3. The lowest BCUT2D eigenvalue weighted by molar-refractivity contribution is -0.127. The number of guanidine groups is 1. The topological polar surface area (TPSA) is 66.0 Å². The predicted octanol–water partition coefficient (Wildman–Crippen LogP) is 2.86. The van der Waals surface area contributed by atoms with Crippen LogP contribution >= 0.6 is 0 Å². The molecular formula is C21H32N4O2. The van der Waals surface area contributed by atoms with Crippen molar-refractivity contribution in [1.29, 1.82) is 0 Å². The molecule has 0 aromatic heterocycles. The average Bonchev–Trinajstić information content (AvgIpc) is 3.10. The molecule has 1 aliphatic carbocycles. The van der Waals surface area contributed by atoms with Crippen molar-refractivity contribution < 1.29 is 9.53 Å². The Morgan fingerprint density at radius 1 is 1.30 bits per heavy atom. The van der Waals surface area contributed by atoms with Gasteiger partial charge in [-0.1, -0.05) is 25.1 Å². The molecule has 2 aliphatic rings. The van der Waals surface area contributed by atoms with Gasteiger partial charge in [0.05, 0.1) is 6.04 Å². The first kappa shape index (κ1) is 19.5. The zero-order valence-electron chi connectivity index (χ0n) is 16.8. The highest BCUT2D eigenvalue weighted by molar-refractivity contribution is 5.85. The molecule has 1 unspecified atom stereocenters. The van der Waals surface area contributed by atoms with E-state index in [1.165, 1.54) is 18.4 Å². The second-order valence-electron chi connectivity index (χ2n) is 7.81. The quantitative estimate of drug-likeness (QED) is 0.616. The van der Waals surface area contributed by atoms with Gasteiger partial charge in [0.1, 0.15) is 17.9 Å². The Balaban J connectivity index is 1.80. The van der Waals surface area contributed by atoms with Gasteiger partial charge >= 0.3 is 0 Å². The molecular weight excluding hydrogens is 340 g/mol. The van der Waals surface area contributed by atoms with E-state index < -0.39 is 0 Å².